The quantitative estimate of drug-likeness (QED) is 0.875. The van der Waals surface area contributed by atoms with E-state index in [0.29, 0.717) is 30.4 Å². The summed E-state index contributed by atoms with van der Waals surface area (Å²) in [5.41, 5.74) is 0.694. The number of nitrogens with zero attached hydrogens (tertiary/aromatic N) is 5. The summed E-state index contributed by atoms with van der Waals surface area (Å²) in [5, 5.41) is 11.8. The van der Waals surface area contributed by atoms with E-state index in [4.69, 9.17) is 0 Å². The van der Waals surface area contributed by atoms with Gasteiger partial charge in [-0.25, -0.2) is 17.7 Å². The SMILES string of the molecule is Cc1nc2ccc(NC3CCCN(S(C)(=O)=O)C3)nn2n1. The second-order valence-electron chi connectivity index (χ2n) is 5.33. The molecule has 2 aromatic rings. The van der Waals surface area contributed by atoms with Crippen molar-refractivity contribution in [1.29, 1.82) is 0 Å². The van der Waals surface area contributed by atoms with Gasteiger partial charge >= 0.3 is 0 Å². The van der Waals surface area contributed by atoms with Crippen LogP contribution in [0.4, 0.5) is 5.82 Å². The van der Waals surface area contributed by atoms with E-state index in [9.17, 15) is 8.42 Å². The Morgan fingerprint density at radius 1 is 1.33 bits per heavy atom. The van der Waals surface area contributed by atoms with Crippen LogP contribution in [0.1, 0.15) is 18.7 Å². The van der Waals surface area contributed by atoms with E-state index in [2.05, 4.69) is 20.5 Å². The average molecular weight is 310 g/mol. The van der Waals surface area contributed by atoms with Gasteiger partial charge in [-0.15, -0.1) is 14.8 Å². The smallest absolute Gasteiger partial charge is 0.211 e. The molecule has 0 spiro atoms. The molecule has 3 heterocycles. The number of hydrogen-bond donors (Lipinski definition) is 1. The first-order valence-corrected chi connectivity index (χ1v) is 8.69. The highest BCUT2D eigenvalue weighted by Crippen LogP contribution is 2.17. The van der Waals surface area contributed by atoms with Gasteiger partial charge in [-0.1, -0.05) is 0 Å². The molecular formula is C12H18N6O2S. The minimum Gasteiger partial charge on any atom is -0.365 e. The fraction of sp³-hybridized carbons (Fsp3) is 0.583. The molecular weight excluding hydrogens is 292 g/mol. The van der Waals surface area contributed by atoms with E-state index in [1.54, 1.807) is 0 Å². The summed E-state index contributed by atoms with van der Waals surface area (Å²) in [6.45, 7) is 2.87. The molecule has 1 unspecified atom stereocenters. The molecule has 1 saturated heterocycles. The van der Waals surface area contributed by atoms with Gasteiger partial charge < -0.3 is 5.32 Å². The second kappa shape index (κ2) is 5.23. The number of aryl methyl sites for hydroxylation is 1. The largest absolute Gasteiger partial charge is 0.365 e. The first-order valence-electron chi connectivity index (χ1n) is 6.84. The Bertz CT molecular complexity index is 756. The van der Waals surface area contributed by atoms with Crippen molar-refractivity contribution in [2.45, 2.75) is 25.8 Å². The third-order valence-electron chi connectivity index (χ3n) is 3.52. The maximum absolute atomic E-state index is 11.6. The summed E-state index contributed by atoms with van der Waals surface area (Å²) in [6.07, 6.45) is 3.01. The van der Waals surface area contributed by atoms with Crippen molar-refractivity contribution < 1.29 is 8.42 Å². The van der Waals surface area contributed by atoms with Gasteiger partial charge in [-0.3, -0.25) is 0 Å². The van der Waals surface area contributed by atoms with Crippen molar-refractivity contribution in [2.24, 2.45) is 0 Å². The highest BCUT2D eigenvalue weighted by atomic mass is 32.2. The number of piperidine rings is 1. The standard InChI is InChI=1S/C12H18N6O2S/c1-9-13-12-6-5-11(16-18(12)15-9)14-10-4-3-7-17(8-10)21(2,19)20/h5-6,10H,3-4,7-8H2,1-2H3,(H,14,16). The van der Waals surface area contributed by atoms with Gasteiger partial charge in [0.15, 0.2) is 5.65 Å². The molecule has 8 nitrogen and oxygen atoms in total. The lowest BCUT2D eigenvalue weighted by molar-refractivity contribution is 0.328. The molecule has 0 radical (unpaired) electrons. The van der Waals surface area contributed by atoms with E-state index < -0.39 is 10.0 Å². The third kappa shape index (κ3) is 3.13. The average Bonchev–Trinajstić information content (AvgIpc) is 2.77. The molecule has 1 aliphatic rings. The van der Waals surface area contributed by atoms with Crippen LogP contribution in [0.25, 0.3) is 5.65 Å². The third-order valence-corrected chi connectivity index (χ3v) is 4.79. The van der Waals surface area contributed by atoms with Crippen LogP contribution in [-0.4, -0.2) is 57.9 Å². The summed E-state index contributed by atoms with van der Waals surface area (Å²) in [4.78, 5) is 4.22. The van der Waals surface area contributed by atoms with Gasteiger partial charge in [0, 0.05) is 19.1 Å². The number of fused-ring (bicyclic) bond motifs is 1. The van der Waals surface area contributed by atoms with Crippen molar-refractivity contribution in [3.63, 3.8) is 0 Å². The first kappa shape index (κ1) is 14.2. The lowest BCUT2D eigenvalue weighted by Crippen LogP contribution is -2.44. The van der Waals surface area contributed by atoms with Crippen LogP contribution in [0.2, 0.25) is 0 Å². The number of nitrogens with one attached hydrogen (secondary N) is 1. The summed E-state index contributed by atoms with van der Waals surface area (Å²) in [5.74, 6) is 1.34. The summed E-state index contributed by atoms with van der Waals surface area (Å²) < 4.78 is 26.2. The lowest BCUT2D eigenvalue weighted by Gasteiger charge is -2.31. The molecule has 1 fully saturated rings. The van der Waals surface area contributed by atoms with Crippen LogP contribution < -0.4 is 5.32 Å². The fourth-order valence-electron chi connectivity index (χ4n) is 2.54. The predicted octanol–water partition coefficient (Wildman–Crippen LogP) is 0.269. The van der Waals surface area contributed by atoms with E-state index in [1.165, 1.54) is 15.2 Å². The molecule has 114 valence electrons. The van der Waals surface area contributed by atoms with Crippen molar-refractivity contribution in [1.82, 2.24) is 24.1 Å². The van der Waals surface area contributed by atoms with Gasteiger partial charge in [0.2, 0.25) is 10.0 Å². The minimum atomic E-state index is -3.14. The van der Waals surface area contributed by atoms with Gasteiger partial charge in [0.05, 0.1) is 6.26 Å². The number of sulfonamides is 1. The number of hydrogen-bond acceptors (Lipinski definition) is 6. The minimum absolute atomic E-state index is 0.0584. The monoisotopic (exact) mass is 310 g/mol. The number of anilines is 1. The first-order chi connectivity index (χ1) is 9.91. The van der Waals surface area contributed by atoms with E-state index in [1.807, 2.05) is 19.1 Å². The van der Waals surface area contributed by atoms with Crippen LogP contribution in [-0.2, 0) is 10.0 Å². The van der Waals surface area contributed by atoms with Crippen LogP contribution >= 0.6 is 0 Å². The lowest BCUT2D eigenvalue weighted by atomic mass is 10.1. The summed E-state index contributed by atoms with van der Waals surface area (Å²) >= 11 is 0. The van der Waals surface area contributed by atoms with Gasteiger partial charge in [0.1, 0.15) is 11.6 Å². The molecule has 0 aromatic carbocycles. The van der Waals surface area contributed by atoms with Crippen molar-refractivity contribution in [2.75, 3.05) is 24.7 Å². The maximum atomic E-state index is 11.6. The van der Waals surface area contributed by atoms with Crippen LogP contribution in [0, 0.1) is 6.92 Å². The van der Waals surface area contributed by atoms with Crippen LogP contribution in [0.3, 0.4) is 0 Å². The molecule has 3 rings (SSSR count). The molecule has 1 N–H and O–H groups in total. The Balaban J connectivity index is 1.75. The van der Waals surface area contributed by atoms with Crippen molar-refractivity contribution in [3.8, 4) is 0 Å². The Kier molecular flexibility index (Phi) is 3.54. The summed E-state index contributed by atoms with van der Waals surface area (Å²) in [7, 11) is -3.14. The second-order valence-corrected chi connectivity index (χ2v) is 7.31. The molecule has 0 saturated carbocycles. The Morgan fingerprint density at radius 3 is 2.90 bits per heavy atom. The highest BCUT2D eigenvalue weighted by Gasteiger charge is 2.26. The molecule has 0 amide bonds. The van der Waals surface area contributed by atoms with Crippen molar-refractivity contribution >= 4 is 21.5 Å². The van der Waals surface area contributed by atoms with Gasteiger partial charge in [-0.2, -0.15) is 0 Å². The zero-order valence-electron chi connectivity index (χ0n) is 12.0. The molecule has 1 aliphatic heterocycles. The zero-order chi connectivity index (χ0) is 15.0. The van der Waals surface area contributed by atoms with Crippen molar-refractivity contribution in [3.05, 3.63) is 18.0 Å². The van der Waals surface area contributed by atoms with Gasteiger partial charge in [-0.05, 0) is 31.9 Å². The van der Waals surface area contributed by atoms with E-state index in [-0.39, 0.29) is 6.04 Å². The van der Waals surface area contributed by atoms with Crippen LogP contribution in [0.15, 0.2) is 12.1 Å². The Labute approximate surface area is 123 Å². The molecule has 0 aliphatic carbocycles. The zero-order valence-corrected chi connectivity index (χ0v) is 12.8. The maximum Gasteiger partial charge on any atom is 0.211 e. The normalized spacial score (nSPS) is 20.8. The Hall–Kier alpha value is -1.74. The number of aromatic nitrogens is 4. The topological polar surface area (TPSA) is 92.5 Å². The highest BCUT2D eigenvalue weighted by molar-refractivity contribution is 7.88. The van der Waals surface area contributed by atoms with Gasteiger partial charge in [0.25, 0.3) is 0 Å². The summed E-state index contributed by atoms with van der Waals surface area (Å²) in [6, 6.07) is 3.73. The predicted molar refractivity (Wildman–Crippen MR) is 78.6 cm³/mol. The molecule has 0 bridgehead atoms. The molecule has 1 atom stereocenters. The van der Waals surface area contributed by atoms with E-state index in [0.717, 1.165) is 12.8 Å². The van der Waals surface area contributed by atoms with Crippen LogP contribution in [0.5, 0.6) is 0 Å². The molecule has 2 aromatic heterocycles. The van der Waals surface area contributed by atoms with E-state index >= 15 is 0 Å². The molecule has 21 heavy (non-hydrogen) atoms. The number of rotatable bonds is 3. The molecule has 9 heteroatoms. The fourth-order valence-corrected chi connectivity index (χ4v) is 3.45. The Morgan fingerprint density at radius 2 is 2.14 bits per heavy atom.